The van der Waals surface area contributed by atoms with Crippen molar-refractivity contribution in [1.82, 2.24) is 0 Å². The van der Waals surface area contributed by atoms with Gasteiger partial charge in [-0.2, -0.15) is 0 Å². The molecule has 1 aliphatic carbocycles. The van der Waals surface area contributed by atoms with Gasteiger partial charge < -0.3 is 4.90 Å². The maximum Gasteiger partial charge on any atom is 0.197 e. The second-order valence-electron chi connectivity index (χ2n) is 9.44. The van der Waals surface area contributed by atoms with Gasteiger partial charge in [-0.3, -0.25) is 9.59 Å². The van der Waals surface area contributed by atoms with Gasteiger partial charge in [0, 0.05) is 28.9 Å². The third kappa shape index (κ3) is 3.03. The van der Waals surface area contributed by atoms with Crippen molar-refractivity contribution < 1.29 is 9.59 Å². The van der Waals surface area contributed by atoms with Crippen LogP contribution in [0.4, 0.5) is 5.69 Å². The van der Waals surface area contributed by atoms with E-state index in [1.54, 1.807) is 6.08 Å². The number of carbonyl (C=O) groups is 2. The standard InChI is InChI=1S/C28H27NO2/c1-5-29-25-13-18(10-11-21(25)17(2)16-28(29,3)4)12-24-26(30)22-14-19-8-6-7-9-20(19)15-23(22)27(24)31/h6-15,17H,5,16H2,1-4H3. The number of fused-ring (bicyclic) bond motifs is 3. The largest absolute Gasteiger partial charge is 0.366 e. The van der Waals surface area contributed by atoms with Gasteiger partial charge in [0.1, 0.15) is 0 Å². The van der Waals surface area contributed by atoms with Crippen molar-refractivity contribution in [1.29, 1.82) is 0 Å². The van der Waals surface area contributed by atoms with Gasteiger partial charge in [0.25, 0.3) is 0 Å². The summed E-state index contributed by atoms with van der Waals surface area (Å²) in [6.45, 7) is 9.94. The van der Waals surface area contributed by atoms with E-state index in [2.05, 4.69) is 44.7 Å². The molecular weight excluding hydrogens is 382 g/mol. The molecule has 0 saturated carbocycles. The number of rotatable bonds is 2. The summed E-state index contributed by atoms with van der Waals surface area (Å²) in [6, 6.07) is 17.9. The summed E-state index contributed by atoms with van der Waals surface area (Å²) in [4.78, 5) is 28.7. The van der Waals surface area contributed by atoms with Crippen LogP contribution < -0.4 is 4.90 Å². The summed E-state index contributed by atoms with van der Waals surface area (Å²) in [5.74, 6) is 0.120. The number of Topliss-reactive ketones (excluding diaryl/α,β-unsaturated/α-hetero) is 2. The van der Waals surface area contributed by atoms with Crippen LogP contribution in [0.2, 0.25) is 0 Å². The predicted molar refractivity (Wildman–Crippen MR) is 127 cm³/mol. The Morgan fingerprint density at radius 1 is 0.968 bits per heavy atom. The van der Waals surface area contributed by atoms with Crippen LogP contribution in [0.15, 0.2) is 60.2 Å². The van der Waals surface area contributed by atoms with Crippen molar-refractivity contribution in [2.24, 2.45) is 0 Å². The molecule has 0 aromatic heterocycles. The highest BCUT2D eigenvalue weighted by atomic mass is 16.2. The van der Waals surface area contributed by atoms with Crippen LogP contribution in [0.3, 0.4) is 0 Å². The molecule has 3 aromatic rings. The molecule has 3 heteroatoms. The van der Waals surface area contributed by atoms with Gasteiger partial charge in [0.15, 0.2) is 11.6 Å². The van der Waals surface area contributed by atoms with Gasteiger partial charge >= 0.3 is 0 Å². The first-order valence-electron chi connectivity index (χ1n) is 11.1. The lowest BCUT2D eigenvalue weighted by atomic mass is 9.79. The second kappa shape index (κ2) is 6.91. The lowest BCUT2D eigenvalue weighted by Crippen LogP contribution is -2.48. The number of carbonyl (C=O) groups excluding carboxylic acids is 2. The van der Waals surface area contributed by atoms with Crippen molar-refractivity contribution in [3.8, 4) is 0 Å². The van der Waals surface area contributed by atoms with E-state index in [1.165, 1.54) is 11.3 Å². The molecule has 0 amide bonds. The van der Waals surface area contributed by atoms with Gasteiger partial charge in [-0.15, -0.1) is 0 Å². The van der Waals surface area contributed by atoms with Crippen LogP contribution in [-0.2, 0) is 0 Å². The molecule has 1 unspecified atom stereocenters. The summed E-state index contributed by atoms with van der Waals surface area (Å²) in [5.41, 5.74) is 4.80. The molecule has 0 radical (unpaired) electrons. The molecule has 0 bridgehead atoms. The fourth-order valence-electron chi connectivity index (χ4n) is 5.50. The lowest BCUT2D eigenvalue weighted by molar-refractivity contribution is 0.0990. The highest BCUT2D eigenvalue weighted by molar-refractivity contribution is 6.42. The normalized spacial score (nSPS) is 19.5. The van der Waals surface area contributed by atoms with E-state index in [9.17, 15) is 9.59 Å². The Morgan fingerprint density at radius 2 is 1.58 bits per heavy atom. The van der Waals surface area contributed by atoms with E-state index in [4.69, 9.17) is 0 Å². The van der Waals surface area contributed by atoms with Crippen LogP contribution in [0.25, 0.3) is 16.8 Å². The molecule has 5 rings (SSSR count). The maximum absolute atomic E-state index is 13.1. The van der Waals surface area contributed by atoms with Crippen LogP contribution in [-0.4, -0.2) is 23.7 Å². The third-order valence-electron chi connectivity index (χ3n) is 6.90. The molecule has 1 heterocycles. The van der Waals surface area contributed by atoms with Crippen molar-refractivity contribution in [3.63, 3.8) is 0 Å². The van der Waals surface area contributed by atoms with E-state index in [0.29, 0.717) is 17.0 Å². The molecular formula is C28H27NO2. The van der Waals surface area contributed by atoms with Crippen LogP contribution in [0.5, 0.6) is 0 Å². The average molecular weight is 410 g/mol. The smallest absolute Gasteiger partial charge is 0.197 e. The second-order valence-corrected chi connectivity index (χ2v) is 9.44. The first-order valence-corrected chi connectivity index (χ1v) is 11.1. The molecule has 1 aliphatic heterocycles. The Kier molecular flexibility index (Phi) is 4.40. The highest BCUT2D eigenvalue weighted by Gasteiger charge is 2.36. The van der Waals surface area contributed by atoms with E-state index < -0.39 is 0 Å². The third-order valence-corrected chi connectivity index (χ3v) is 6.90. The molecule has 2 aliphatic rings. The van der Waals surface area contributed by atoms with Gasteiger partial charge in [-0.25, -0.2) is 0 Å². The Labute approximate surface area is 183 Å². The monoisotopic (exact) mass is 409 g/mol. The maximum atomic E-state index is 13.1. The predicted octanol–water partition coefficient (Wildman–Crippen LogP) is 6.41. The summed E-state index contributed by atoms with van der Waals surface area (Å²) in [5, 5.41) is 1.96. The van der Waals surface area contributed by atoms with E-state index in [0.717, 1.165) is 29.3 Å². The molecule has 3 nitrogen and oxygen atoms in total. The first kappa shape index (κ1) is 19.7. The Balaban J connectivity index is 1.59. The molecule has 0 spiro atoms. The number of nitrogens with zero attached hydrogens (tertiary/aromatic N) is 1. The summed E-state index contributed by atoms with van der Waals surface area (Å²) in [6.07, 6.45) is 2.88. The minimum Gasteiger partial charge on any atom is -0.366 e. The SMILES string of the molecule is CCN1c2cc(C=C3C(=O)c4cc5ccccc5cc4C3=O)ccc2C(C)CC1(C)C. The number of benzene rings is 3. The topological polar surface area (TPSA) is 37.4 Å². The molecule has 3 aromatic carbocycles. The number of allylic oxidation sites excluding steroid dienone is 1. The Bertz CT molecular complexity index is 1220. The van der Waals surface area contributed by atoms with Gasteiger partial charge in [-0.1, -0.05) is 43.3 Å². The fourth-order valence-corrected chi connectivity index (χ4v) is 5.50. The highest BCUT2D eigenvalue weighted by Crippen LogP contribution is 2.44. The zero-order valence-corrected chi connectivity index (χ0v) is 18.5. The Morgan fingerprint density at radius 3 is 2.16 bits per heavy atom. The summed E-state index contributed by atoms with van der Waals surface area (Å²) >= 11 is 0. The van der Waals surface area contributed by atoms with Crippen molar-refractivity contribution in [2.75, 3.05) is 11.4 Å². The minimum atomic E-state index is -0.176. The summed E-state index contributed by atoms with van der Waals surface area (Å²) < 4.78 is 0. The van der Waals surface area contributed by atoms with E-state index in [-0.39, 0.29) is 22.7 Å². The van der Waals surface area contributed by atoms with Gasteiger partial charge in [0.2, 0.25) is 0 Å². The molecule has 156 valence electrons. The molecule has 0 N–H and O–H groups in total. The number of hydrogen-bond donors (Lipinski definition) is 0. The van der Waals surface area contributed by atoms with E-state index in [1.807, 2.05) is 42.5 Å². The average Bonchev–Trinajstić information content (AvgIpc) is 2.96. The Hall–Kier alpha value is -3.20. The number of ketones is 2. The first-order chi connectivity index (χ1) is 14.8. The van der Waals surface area contributed by atoms with Gasteiger partial charge in [0.05, 0.1) is 5.57 Å². The minimum absolute atomic E-state index is 0.0717. The molecule has 31 heavy (non-hydrogen) atoms. The summed E-state index contributed by atoms with van der Waals surface area (Å²) in [7, 11) is 0. The van der Waals surface area contributed by atoms with Gasteiger partial charge in [-0.05, 0) is 79.3 Å². The molecule has 1 atom stereocenters. The van der Waals surface area contributed by atoms with E-state index >= 15 is 0 Å². The van der Waals surface area contributed by atoms with Crippen molar-refractivity contribution >= 4 is 34.1 Å². The molecule has 0 saturated heterocycles. The number of hydrogen-bond acceptors (Lipinski definition) is 3. The zero-order valence-electron chi connectivity index (χ0n) is 18.5. The molecule has 0 fully saturated rings. The lowest BCUT2D eigenvalue weighted by Gasteiger charge is -2.47. The van der Waals surface area contributed by atoms with Crippen LogP contribution in [0, 0.1) is 0 Å². The van der Waals surface area contributed by atoms with Crippen molar-refractivity contribution in [3.05, 3.63) is 82.4 Å². The zero-order chi connectivity index (χ0) is 21.9. The van der Waals surface area contributed by atoms with Crippen LogP contribution >= 0.6 is 0 Å². The van der Waals surface area contributed by atoms with Crippen LogP contribution in [0.1, 0.15) is 71.9 Å². The fraction of sp³-hybridized carbons (Fsp3) is 0.286. The number of anilines is 1. The quantitative estimate of drug-likeness (QED) is 0.362. The van der Waals surface area contributed by atoms with Crippen molar-refractivity contribution in [2.45, 2.75) is 45.6 Å².